The van der Waals surface area contributed by atoms with Crippen molar-refractivity contribution in [1.29, 1.82) is 0 Å². The molecule has 2 aromatic carbocycles. The second-order valence-electron chi connectivity index (χ2n) is 7.56. The van der Waals surface area contributed by atoms with Crippen LogP contribution in [0.25, 0.3) is 12.2 Å². The van der Waals surface area contributed by atoms with Crippen LogP contribution in [0.5, 0.6) is 0 Å². The first-order valence-corrected chi connectivity index (χ1v) is 12.2. The highest BCUT2D eigenvalue weighted by molar-refractivity contribution is 7.99. The number of carbonyl (C=O) groups is 1. The molecule has 1 saturated heterocycles. The average molecular weight is 436 g/mol. The van der Waals surface area contributed by atoms with Gasteiger partial charge in [-0.1, -0.05) is 85.0 Å². The molecule has 1 aliphatic heterocycles. The standard InChI is InChI=1S/C26H33N3OS/c30-26(29-19-21-31-22-20-29)23-27-15-18-28(16-7-13-24-9-3-1-4-10-24)17-8-14-25-11-5-2-6-12-25/h1-14,27H,15-23H2/b13-7+,14-8+. The molecule has 0 aliphatic carbocycles. The fourth-order valence-corrected chi connectivity index (χ4v) is 4.32. The van der Waals surface area contributed by atoms with E-state index in [0.29, 0.717) is 6.54 Å². The number of nitrogens with zero attached hydrogens (tertiary/aromatic N) is 2. The van der Waals surface area contributed by atoms with Gasteiger partial charge in [-0.25, -0.2) is 0 Å². The SMILES string of the molecule is O=C(CNCCN(C/C=C/c1ccccc1)C/C=C/c1ccccc1)N1CCSCC1. The number of carbonyl (C=O) groups excluding carboxylic acids is 1. The zero-order chi connectivity index (χ0) is 21.6. The molecule has 0 spiro atoms. The van der Waals surface area contributed by atoms with Crippen LogP contribution in [0.4, 0.5) is 0 Å². The molecule has 31 heavy (non-hydrogen) atoms. The summed E-state index contributed by atoms with van der Waals surface area (Å²) in [5, 5.41) is 3.34. The van der Waals surface area contributed by atoms with E-state index in [1.807, 2.05) is 28.8 Å². The van der Waals surface area contributed by atoms with Crippen molar-refractivity contribution < 1.29 is 4.79 Å². The van der Waals surface area contributed by atoms with Crippen molar-refractivity contribution in [3.63, 3.8) is 0 Å². The maximum absolute atomic E-state index is 12.3. The molecule has 0 bridgehead atoms. The molecule has 1 amide bonds. The summed E-state index contributed by atoms with van der Waals surface area (Å²) in [6, 6.07) is 20.8. The first-order chi connectivity index (χ1) is 15.3. The second kappa shape index (κ2) is 13.9. The van der Waals surface area contributed by atoms with Crippen molar-refractivity contribution in [3.8, 4) is 0 Å². The van der Waals surface area contributed by atoms with Crippen LogP contribution in [0.15, 0.2) is 72.8 Å². The second-order valence-corrected chi connectivity index (χ2v) is 8.78. The Morgan fingerprint density at radius 1 is 0.903 bits per heavy atom. The van der Waals surface area contributed by atoms with Crippen molar-refractivity contribution in [3.05, 3.63) is 83.9 Å². The molecule has 0 aromatic heterocycles. The molecule has 0 saturated carbocycles. The van der Waals surface area contributed by atoms with E-state index in [4.69, 9.17) is 0 Å². The van der Waals surface area contributed by atoms with E-state index in [2.05, 4.69) is 83.1 Å². The van der Waals surface area contributed by atoms with Crippen LogP contribution >= 0.6 is 11.8 Å². The summed E-state index contributed by atoms with van der Waals surface area (Å²) in [4.78, 5) is 16.7. The summed E-state index contributed by atoms with van der Waals surface area (Å²) in [6.45, 7) is 5.62. The van der Waals surface area contributed by atoms with Crippen LogP contribution in [-0.4, -0.2) is 73.0 Å². The molecule has 2 aromatic rings. The number of nitrogens with one attached hydrogen (secondary N) is 1. The predicted octanol–water partition coefficient (Wildman–Crippen LogP) is 3.88. The number of hydrogen-bond acceptors (Lipinski definition) is 4. The van der Waals surface area contributed by atoms with Gasteiger partial charge in [0.05, 0.1) is 6.54 Å². The first kappa shape index (κ1) is 23.3. The van der Waals surface area contributed by atoms with E-state index in [1.165, 1.54) is 11.1 Å². The zero-order valence-electron chi connectivity index (χ0n) is 18.2. The molecular weight excluding hydrogens is 402 g/mol. The topological polar surface area (TPSA) is 35.6 Å². The van der Waals surface area contributed by atoms with Gasteiger partial charge in [0.2, 0.25) is 5.91 Å². The van der Waals surface area contributed by atoms with Crippen molar-refractivity contribution in [2.45, 2.75) is 0 Å². The Hall–Kier alpha value is -2.34. The van der Waals surface area contributed by atoms with E-state index in [1.54, 1.807) is 0 Å². The normalized spacial score (nSPS) is 14.7. The zero-order valence-corrected chi connectivity index (χ0v) is 19.0. The summed E-state index contributed by atoms with van der Waals surface area (Å²) in [6.07, 6.45) is 8.75. The van der Waals surface area contributed by atoms with Crippen LogP contribution in [0, 0.1) is 0 Å². The van der Waals surface area contributed by atoms with E-state index in [-0.39, 0.29) is 5.91 Å². The van der Waals surface area contributed by atoms with Crippen LogP contribution < -0.4 is 5.32 Å². The van der Waals surface area contributed by atoms with Crippen molar-refractivity contribution in [1.82, 2.24) is 15.1 Å². The lowest BCUT2D eigenvalue weighted by Gasteiger charge is -2.26. The van der Waals surface area contributed by atoms with Gasteiger partial charge in [-0.15, -0.1) is 0 Å². The van der Waals surface area contributed by atoms with Gasteiger partial charge in [-0.05, 0) is 11.1 Å². The van der Waals surface area contributed by atoms with Gasteiger partial charge in [-0.2, -0.15) is 11.8 Å². The Balaban J connectivity index is 1.46. The third-order valence-electron chi connectivity index (χ3n) is 5.19. The van der Waals surface area contributed by atoms with Gasteiger partial charge in [0.25, 0.3) is 0 Å². The maximum atomic E-state index is 12.3. The van der Waals surface area contributed by atoms with Crippen molar-refractivity contribution >= 4 is 29.8 Å². The predicted molar refractivity (Wildman–Crippen MR) is 134 cm³/mol. The Morgan fingerprint density at radius 2 is 1.45 bits per heavy atom. The number of benzene rings is 2. The van der Waals surface area contributed by atoms with E-state index in [9.17, 15) is 4.79 Å². The van der Waals surface area contributed by atoms with E-state index < -0.39 is 0 Å². The quantitative estimate of drug-likeness (QED) is 0.544. The third-order valence-corrected chi connectivity index (χ3v) is 6.13. The molecule has 164 valence electrons. The molecule has 1 fully saturated rings. The molecule has 3 rings (SSSR count). The molecule has 1 heterocycles. The first-order valence-electron chi connectivity index (χ1n) is 11.0. The van der Waals surface area contributed by atoms with Gasteiger partial charge >= 0.3 is 0 Å². The highest BCUT2D eigenvalue weighted by atomic mass is 32.2. The minimum atomic E-state index is 0.222. The van der Waals surface area contributed by atoms with Crippen LogP contribution in [0.3, 0.4) is 0 Å². The maximum Gasteiger partial charge on any atom is 0.236 e. The fourth-order valence-electron chi connectivity index (χ4n) is 3.42. The fraction of sp³-hybridized carbons (Fsp3) is 0.346. The molecule has 4 nitrogen and oxygen atoms in total. The minimum absolute atomic E-state index is 0.222. The van der Waals surface area contributed by atoms with Crippen LogP contribution in [0.1, 0.15) is 11.1 Å². The van der Waals surface area contributed by atoms with Gasteiger partial charge < -0.3 is 10.2 Å². The summed E-state index contributed by atoms with van der Waals surface area (Å²) in [5.41, 5.74) is 2.43. The van der Waals surface area contributed by atoms with Crippen LogP contribution in [-0.2, 0) is 4.79 Å². The molecule has 0 radical (unpaired) electrons. The molecular formula is C26H33N3OS. The van der Waals surface area contributed by atoms with Crippen molar-refractivity contribution in [2.24, 2.45) is 0 Å². The lowest BCUT2D eigenvalue weighted by molar-refractivity contribution is -0.129. The monoisotopic (exact) mass is 435 g/mol. The smallest absolute Gasteiger partial charge is 0.236 e. The molecule has 1 aliphatic rings. The minimum Gasteiger partial charge on any atom is -0.340 e. The summed E-state index contributed by atoms with van der Waals surface area (Å²) in [5.74, 6) is 2.34. The number of rotatable bonds is 11. The van der Waals surface area contributed by atoms with E-state index >= 15 is 0 Å². The van der Waals surface area contributed by atoms with Gasteiger partial charge in [0, 0.05) is 50.8 Å². The van der Waals surface area contributed by atoms with Crippen LogP contribution in [0.2, 0.25) is 0 Å². The number of amides is 1. The Bertz CT molecular complexity index is 766. The Kier molecular flexibility index (Phi) is 10.4. The lowest BCUT2D eigenvalue weighted by Crippen LogP contribution is -2.44. The number of hydrogen-bond donors (Lipinski definition) is 1. The Morgan fingerprint density at radius 3 is 2.00 bits per heavy atom. The highest BCUT2D eigenvalue weighted by Gasteiger charge is 2.15. The van der Waals surface area contributed by atoms with Crippen molar-refractivity contribution in [2.75, 3.05) is 57.3 Å². The van der Waals surface area contributed by atoms with Gasteiger partial charge in [0.15, 0.2) is 0 Å². The highest BCUT2D eigenvalue weighted by Crippen LogP contribution is 2.08. The molecule has 1 N–H and O–H groups in total. The molecule has 0 unspecified atom stereocenters. The Labute approximate surface area is 191 Å². The number of thioether (sulfide) groups is 1. The van der Waals surface area contributed by atoms with E-state index in [0.717, 1.165) is 50.8 Å². The van der Waals surface area contributed by atoms with Gasteiger partial charge in [-0.3, -0.25) is 9.69 Å². The molecule has 0 atom stereocenters. The third kappa shape index (κ3) is 9.13. The summed E-state index contributed by atoms with van der Waals surface area (Å²) < 4.78 is 0. The lowest BCUT2D eigenvalue weighted by atomic mass is 10.2. The van der Waals surface area contributed by atoms with Gasteiger partial charge in [0.1, 0.15) is 0 Å². The average Bonchev–Trinajstić information content (AvgIpc) is 2.83. The molecule has 5 heteroatoms. The summed E-state index contributed by atoms with van der Waals surface area (Å²) >= 11 is 1.93. The largest absolute Gasteiger partial charge is 0.340 e. The summed E-state index contributed by atoms with van der Waals surface area (Å²) in [7, 11) is 0.